The molecule has 0 radical (unpaired) electrons. The van der Waals surface area contributed by atoms with E-state index in [1.807, 2.05) is 0 Å². The molecule has 1 aliphatic rings. The minimum absolute atomic E-state index is 0.0876. The zero-order valence-electron chi connectivity index (χ0n) is 14.5. The van der Waals surface area contributed by atoms with Crippen LogP contribution in [0.15, 0.2) is 41.3 Å². The summed E-state index contributed by atoms with van der Waals surface area (Å²) in [6, 6.07) is 6.51. The lowest BCUT2D eigenvalue weighted by atomic mass is 10.0. The highest BCUT2D eigenvalue weighted by Crippen LogP contribution is 2.23. The molecule has 0 fully saturated rings. The summed E-state index contributed by atoms with van der Waals surface area (Å²) in [5.74, 6) is -2.45. The van der Waals surface area contributed by atoms with Gasteiger partial charge < -0.3 is 10.1 Å². The molecule has 144 valence electrons. The smallest absolute Gasteiger partial charge is 0.251 e. The zero-order chi connectivity index (χ0) is 19.6. The lowest BCUT2D eigenvalue weighted by molar-refractivity contribution is 0.0945. The molecule has 1 aliphatic heterocycles. The molecule has 2 N–H and O–H groups in total. The predicted octanol–water partition coefficient (Wildman–Crippen LogP) is 1.92. The van der Waals surface area contributed by atoms with Gasteiger partial charge in [0.25, 0.3) is 5.91 Å². The van der Waals surface area contributed by atoms with Crippen LogP contribution in [0.1, 0.15) is 27.5 Å². The van der Waals surface area contributed by atoms with Crippen LogP contribution in [0.5, 0.6) is 0 Å². The van der Waals surface area contributed by atoms with E-state index in [2.05, 4.69) is 10.0 Å². The molecule has 27 heavy (non-hydrogen) atoms. The summed E-state index contributed by atoms with van der Waals surface area (Å²) < 4.78 is 59.7. The van der Waals surface area contributed by atoms with Crippen molar-refractivity contribution in [1.82, 2.24) is 10.0 Å². The molecule has 0 bridgehead atoms. The summed E-state index contributed by atoms with van der Waals surface area (Å²) in [6.45, 7) is 0.415. The SMILES string of the molecule is COCC(NS(=O)(=O)c1ccc2c(c1)C(=O)NCC2)c1ccc(F)c(F)c1. The second-order valence-electron chi connectivity index (χ2n) is 6.13. The van der Waals surface area contributed by atoms with E-state index < -0.39 is 27.7 Å². The first-order valence-electron chi connectivity index (χ1n) is 8.19. The van der Waals surface area contributed by atoms with Gasteiger partial charge in [0.2, 0.25) is 10.0 Å². The van der Waals surface area contributed by atoms with Crippen LogP contribution >= 0.6 is 0 Å². The molecule has 3 rings (SSSR count). The van der Waals surface area contributed by atoms with E-state index in [4.69, 9.17) is 4.74 Å². The molecular weight excluding hydrogens is 378 g/mol. The Morgan fingerprint density at radius 1 is 1.19 bits per heavy atom. The average molecular weight is 396 g/mol. The summed E-state index contributed by atoms with van der Waals surface area (Å²) in [7, 11) is -2.67. The number of carbonyl (C=O) groups is 1. The van der Waals surface area contributed by atoms with E-state index >= 15 is 0 Å². The number of carbonyl (C=O) groups excluding carboxylic acids is 1. The van der Waals surface area contributed by atoms with Gasteiger partial charge in [-0.2, -0.15) is 0 Å². The first-order valence-corrected chi connectivity index (χ1v) is 9.67. The van der Waals surface area contributed by atoms with Gasteiger partial charge in [-0.05, 0) is 41.8 Å². The van der Waals surface area contributed by atoms with Crippen LogP contribution in [0.4, 0.5) is 8.78 Å². The van der Waals surface area contributed by atoms with Gasteiger partial charge in [-0.15, -0.1) is 0 Å². The molecule has 1 amide bonds. The number of amides is 1. The molecule has 6 nitrogen and oxygen atoms in total. The Labute approximate surface area is 155 Å². The van der Waals surface area contributed by atoms with Gasteiger partial charge in [-0.1, -0.05) is 12.1 Å². The maximum atomic E-state index is 13.5. The number of halogens is 2. The Kier molecular flexibility index (Phi) is 5.54. The third-order valence-electron chi connectivity index (χ3n) is 4.29. The minimum Gasteiger partial charge on any atom is -0.383 e. The van der Waals surface area contributed by atoms with Crippen LogP contribution in [-0.4, -0.2) is 34.6 Å². The largest absolute Gasteiger partial charge is 0.383 e. The molecule has 0 spiro atoms. The van der Waals surface area contributed by atoms with Gasteiger partial charge >= 0.3 is 0 Å². The van der Waals surface area contributed by atoms with E-state index in [0.717, 1.165) is 17.7 Å². The van der Waals surface area contributed by atoms with Crippen molar-refractivity contribution in [2.75, 3.05) is 20.3 Å². The molecule has 0 aliphatic carbocycles. The van der Waals surface area contributed by atoms with Crippen LogP contribution in [0.2, 0.25) is 0 Å². The van der Waals surface area contributed by atoms with E-state index in [9.17, 15) is 22.0 Å². The number of benzene rings is 2. The number of fused-ring (bicyclic) bond motifs is 1. The van der Waals surface area contributed by atoms with Crippen molar-refractivity contribution in [2.24, 2.45) is 0 Å². The molecule has 9 heteroatoms. The lowest BCUT2D eigenvalue weighted by Gasteiger charge is -2.20. The average Bonchev–Trinajstić information content (AvgIpc) is 2.63. The highest BCUT2D eigenvalue weighted by atomic mass is 32.2. The van der Waals surface area contributed by atoms with Crippen molar-refractivity contribution in [1.29, 1.82) is 0 Å². The van der Waals surface area contributed by atoms with Crippen molar-refractivity contribution in [2.45, 2.75) is 17.4 Å². The normalized spacial score (nSPS) is 15.1. The van der Waals surface area contributed by atoms with Crippen molar-refractivity contribution in [3.63, 3.8) is 0 Å². The first-order chi connectivity index (χ1) is 12.8. The number of hydrogen-bond acceptors (Lipinski definition) is 4. The monoisotopic (exact) mass is 396 g/mol. The highest BCUT2D eigenvalue weighted by Gasteiger charge is 2.25. The van der Waals surface area contributed by atoms with E-state index in [1.165, 1.54) is 25.3 Å². The molecular formula is C18H18F2N2O4S. The van der Waals surface area contributed by atoms with E-state index in [0.29, 0.717) is 18.5 Å². The maximum absolute atomic E-state index is 13.5. The molecule has 1 unspecified atom stereocenters. The van der Waals surface area contributed by atoms with Crippen molar-refractivity contribution < 1.29 is 26.7 Å². The van der Waals surface area contributed by atoms with Crippen molar-refractivity contribution in [3.8, 4) is 0 Å². The number of sulfonamides is 1. The summed E-state index contributed by atoms with van der Waals surface area (Å²) in [6.07, 6.45) is 0.621. The molecule has 1 heterocycles. The topological polar surface area (TPSA) is 84.5 Å². The minimum atomic E-state index is -4.04. The summed E-state index contributed by atoms with van der Waals surface area (Å²) in [4.78, 5) is 11.9. The zero-order valence-corrected chi connectivity index (χ0v) is 15.3. The predicted molar refractivity (Wildman–Crippen MR) is 93.8 cm³/mol. The van der Waals surface area contributed by atoms with Crippen LogP contribution in [0.3, 0.4) is 0 Å². The number of hydrogen-bond donors (Lipinski definition) is 2. The quantitative estimate of drug-likeness (QED) is 0.781. The molecule has 2 aromatic carbocycles. The maximum Gasteiger partial charge on any atom is 0.251 e. The summed E-state index contributed by atoms with van der Waals surface area (Å²) in [5, 5.41) is 2.66. The van der Waals surface area contributed by atoms with Gasteiger partial charge in [0.15, 0.2) is 11.6 Å². The Morgan fingerprint density at radius 3 is 2.67 bits per heavy atom. The van der Waals surface area contributed by atoms with Gasteiger partial charge in [0, 0.05) is 19.2 Å². The fraction of sp³-hybridized carbons (Fsp3) is 0.278. The molecule has 0 aromatic heterocycles. The number of ether oxygens (including phenoxy) is 1. The van der Waals surface area contributed by atoms with E-state index in [1.54, 1.807) is 6.07 Å². The number of methoxy groups -OCH3 is 1. The molecule has 2 aromatic rings. The number of rotatable bonds is 6. The van der Waals surface area contributed by atoms with Crippen LogP contribution in [0.25, 0.3) is 0 Å². The van der Waals surface area contributed by atoms with Gasteiger partial charge in [0.1, 0.15) is 0 Å². The van der Waals surface area contributed by atoms with E-state index in [-0.39, 0.29) is 23.0 Å². The second-order valence-corrected chi connectivity index (χ2v) is 7.84. The third-order valence-corrected chi connectivity index (χ3v) is 5.76. The van der Waals surface area contributed by atoms with Crippen LogP contribution in [0, 0.1) is 11.6 Å². The summed E-state index contributed by atoms with van der Waals surface area (Å²) >= 11 is 0. The molecule has 1 atom stereocenters. The van der Waals surface area contributed by atoms with Crippen LogP contribution in [-0.2, 0) is 21.2 Å². The molecule has 0 saturated heterocycles. The Hall–Kier alpha value is -2.36. The van der Waals surface area contributed by atoms with Gasteiger partial charge in [-0.3, -0.25) is 4.79 Å². The van der Waals surface area contributed by atoms with Gasteiger partial charge in [-0.25, -0.2) is 21.9 Å². The first kappa shape index (κ1) is 19.4. The third kappa shape index (κ3) is 4.15. The Morgan fingerprint density at radius 2 is 1.96 bits per heavy atom. The summed E-state index contributed by atoms with van der Waals surface area (Å²) in [5.41, 5.74) is 1.29. The lowest BCUT2D eigenvalue weighted by Crippen LogP contribution is -2.34. The standard InChI is InChI=1S/C18H18F2N2O4S/c1-26-10-17(12-3-5-15(19)16(20)8-12)22-27(24,25)13-4-2-11-6-7-21-18(23)14(11)9-13/h2-5,8-9,17,22H,6-7,10H2,1H3,(H,21,23). The van der Waals surface area contributed by atoms with Crippen LogP contribution < -0.4 is 10.0 Å². The fourth-order valence-electron chi connectivity index (χ4n) is 2.91. The van der Waals surface area contributed by atoms with Crippen molar-refractivity contribution in [3.05, 3.63) is 64.7 Å². The van der Waals surface area contributed by atoms with Gasteiger partial charge in [0.05, 0.1) is 17.5 Å². The fourth-order valence-corrected chi connectivity index (χ4v) is 4.14. The highest BCUT2D eigenvalue weighted by molar-refractivity contribution is 7.89. The Balaban J connectivity index is 1.92. The van der Waals surface area contributed by atoms with Crippen molar-refractivity contribution >= 4 is 15.9 Å². The second kappa shape index (κ2) is 7.71. The number of nitrogens with one attached hydrogen (secondary N) is 2. The Bertz CT molecular complexity index is 979. The molecule has 0 saturated carbocycles.